The van der Waals surface area contributed by atoms with Crippen LogP contribution in [-0.2, 0) is 5.54 Å². The zero-order valence-corrected chi connectivity index (χ0v) is 12.4. The first-order chi connectivity index (χ1) is 9.84. The van der Waals surface area contributed by atoms with Crippen LogP contribution in [0.25, 0.3) is 10.9 Å². The van der Waals surface area contributed by atoms with Gasteiger partial charge < -0.3 is 5.32 Å². The Morgan fingerprint density at radius 1 is 1.20 bits per heavy atom. The number of rotatable bonds is 3. The van der Waals surface area contributed by atoms with E-state index in [1.807, 2.05) is 12.3 Å². The summed E-state index contributed by atoms with van der Waals surface area (Å²) >= 11 is 0. The normalized spacial score (nSPS) is 23.6. The average molecular weight is 268 g/mol. The summed E-state index contributed by atoms with van der Waals surface area (Å²) in [4.78, 5) is 4.43. The fourth-order valence-corrected chi connectivity index (χ4v) is 3.55. The van der Waals surface area contributed by atoms with E-state index in [0.717, 1.165) is 12.1 Å². The van der Waals surface area contributed by atoms with Crippen molar-refractivity contribution in [2.24, 2.45) is 0 Å². The molecule has 2 aromatic rings. The maximum atomic E-state index is 4.43. The van der Waals surface area contributed by atoms with Gasteiger partial charge in [0.25, 0.3) is 0 Å². The van der Waals surface area contributed by atoms with Gasteiger partial charge in [-0.25, -0.2) is 0 Å². The lowest BCUT2D eigenvalue weighted by atomic mass is 9.81. The molecule has 1 N–H and O–H groups in total. The van der Waals surface area contributed by atoms with Gasteiger partial charge in [0.15, 0.2) is 0 Å². The third kappa shape index (κ3) is 2.57. The third-order valence-electron chi connectivity index (χ3n) is 4.58. The Morgan fingerprint density at radius 2 is 2.15 bits per heavy atom. The molecule has 1 unspecified atom stereocenters. The van der Waals surface area contributed by atoms with Crippen LogP contribution in [0.15, 0.2) is 36.5 Å². The maximum absolute atomic E-state index is 4.43. The predicted molar refractivity (Wildman–Crippen MR) is 84.8 cm³/mol. The van der Waals surface area contributed by atoms with Gasteiger partial charge in [0.05, 0.1) is 5.52 Å². The molecule has 1 aromatic heterocycles. The molecule has 0 amide bonds. The van der Waals surface area contributed by atoms with Crippen molar-refractivity contribution in [1.29, 1.82) is 0 Å². The third-order valence-corrected chi connectivity index (χ3v) is 4.58. The average Bonchev–Trinajstić information content (AvgIpc) is 2.74. The van der Waals surface area contributed by atoms with Gasteiger partial charge in [0, 0.05) is 17.1 Å². The molecule has 20 heavy (non-hydrogen) atoms. The number of nitrogens with one attached hydrogen (secondary N) is 1. The zero-order chi connectivity index (χ0) is 13.8. The topological polar surface area (TPSA) is 24.9 Å². The van der Waals surface area contributed by atoms with Gasteiger partial charge >= 0.3 is 0 Å². The Labute approximate surface area is 121 Å². The van der Waals surface area contributed by atoms with Gasteiger partial charge in [-0.2, -0.15) is 0 Å². The van der Waals surface area contributed by atoms with Crippen molar-refractivity contribution in [2.45, 2.75) is 51.0 Å². The van der Waals surface area contributed by atoms with E-state index in [1.54, 1.807) is 0 Å². The SMILES string of the molecule is CCCC1(c2ccc3ncccc3c2)CCCCCN1. The molecule has 1 saturated heterocycles. The highest BCUT2D eigenvalue weighted by Crippen LogP contribution is 2.35. The first kappa shape index (κ1) is 13.6. The van der Waals surface area contributed by atoms with E-state index < -0.39 is 0 Å². The van der Waals surface area contributed by atoms with Crippen LogP contribution in [0, 0.1) is 0 Å². The van der Waals surface area contributed by atoms with E-state index in [9.17, 15) is 0 Å². The number of hydrogen-bond donors (Lipinski definition) is 1. The molecule has 1 aromatic carbocycles. The van der Waals surface area contributed by atoms with Crippen LogP contribution in [0.4, 0.5) is 0 Å². The van der Waals surface area contributed by atoms with Gasteiger partial charge in [0.1, 0.15) is 0 Å². The molecular weight excluding hydrogens is 244 g/mol. The van der Waals surface area contributed by atoms with Crippen molar-refractivity contribution in [3.05, 3.63) is 42.1 Å². The van der Waals surface area contributed by atoms with Crippen LogP contribution in [0.1, 0.15) is 51.0 Å². The standard InChI is InChI=1S/C18H24N2/c1-2-10-18(11-4-3-5-13-20-18)16-8-9-17-15(14-16)7-6-12-19-17/h6-9,12,14,20H,2-5,10-11,13H2,1H3. The van der Waals surface area contributed by atoms with E-state index in [0.29, 0.717) is 0 Å². The van der Waals surface area contributed by atoms with Crippen LogP contribution in [0.2, 0.25) is 0 Å². The number of pyridine rings is 1. The molecule has 0 spiro atoms. The van der Waals surface area contributed by atoms with Gasteiger partial charge in [-0.15, -0.1) is 0 Å². The quantitative estimate of drug-likeness (QED) is 0.892. The Kier molecular flexibility index (Phi) is 4.02. The minimum atomic E-state index is 0.176. The molecule has 2 heteroatoms. The summed E-state index contributed by atoms with van der Waals surface area (Å²) in [5.41, 5.74) is 2.72. The van der Waals surface area contributed by atoms with Crippen LogP contribution >= 0.6 is 0 Å². The summed E-state index contributed by atoms with van der Waals surface area (Å²) in [6, 6.07) is 11.0. The highest BCUT2D eigenvalue weighted by Gasteiger charge is 2.31. The second kappa shape index (κ2) is 5.92. The second-order valence-electron chi connectivity index (χ2n) is 5.98. The van der Waals surface area contributed by atoms with Crippen LogP contribution in [0.3, 0.4) is 0 Å². The predicted octanol–water partition coefficient (Wildman–Crippen LogP) is 4.39. The van der Waals surface area contributed by atoms with Crippen molar-refractivity contribution in [2.75, 3.05) is 6.54 Å². The Morgan fingerprint density at radius 3 is 3.05 bits per heavy atom. The van der Waals surface area contributed by atoms with Gasteiger partial charge in [-0.3, -0.25) is 4.98 Å². The molecule has 0 bridgehead atoms. The molecular formula is C18H24N2. The molecule has 0 aliphatic carbocycles. The molecule has 2 nitrogen and oxygen atoms in total. The van der Waals surface area contributed by atoms with Gasteiger partial charge in [-0.1, -0.05) is 38.3 Å². The fourth-order valence-electron chi connectivity index (χ4n) is 3.55. The van der Waals surface area contributed by atoms with Crippen molar-refractivity contribution < 1.29 is 0 Å². The number of aromatic nitrogens is 1. The highest BCUT2D eigenvalue weighted by molar-refractivity contribution is 5.79. The number of benzene rings is 1. The molecule has 3 rings (SSSR count). The van der Waals surface area contributed by atoms with E-state index in [1.165, 1.54) is 49.5 Å². The zero-order valence-electron chi connectivity index (χ0n) is 12.4. The molecule has 1 atom stereocenters. The van der Waals surface area contributed by atoms with Crippen molar-refractivity contribution in [3.63, 3.8) is 0 Å². The first-order valence-corrected chi connectivity index (χ1v) is 7.94. The molecule has 1 aliphatic heterocycles. The maximum Gasteiger partial charge on any atom is 0.0702 e. The van der Waals surface area contributed by atoms with E-state index >= 15 is 0 Å². The summed E-state index contributed by atoms with van der Waals surface area (Å²) in [6.45, 7) is 3.43. The van der Waals surface area contributed by atoms with Crippen LogP contribution in [-0.4, -0.2) is 11.5 Å². The number of nitrogens with zero attached hydrogens (tertiary/aromatic N) is 1. The smallest absolute Gasteiger partial charge is 0.0702 e. The largest absolute Gasteiger partial charge is 0.307 e. The van der Waals surface area contributed by atoms with Crippen LogP contribution in [0.5, 0.6) is 0 Å². The molecule has 0 radical (unpaired) electrons. The lowest BCUT2D eigenvalue weighted by molar-refractivity contribution is 0.297. The Balaban J connectivity index is 2.03. The first-order valence-electron chi connectivity index (χ1n) is 7.94. The summed E-state index contributed by atoms with van der Waals surface area (Å²) in [5.74, 6) is 0. The fraction of sp³-hybridized carbons (Fsp3) is 0.500. The summed E-state index contributed by atoms with van der Waals surface area (Å²) in [6.07, 6.45) is 9.56. The molecule has 0 saturated carbocycles. The Hall–Kier alpha value is -1.41. The molecule has 2 heterocycles. The minimum absolute atomic E-state index is 0.176. The van der Waals surface area contributed by atoms with Gasteiger partial charge in [-0.05, 0) is 49.6 Å². The van der Waals surface area contributed by atoms with E-state index in [2.05, 4.69) is 41.5 Å². The lowest BCUT2D eigenvalue weighted by Gasteiger charge is -2.34. The van der Waals surface area contributed by atoms with Crippen molar-refractivity contribution in [1.82, 2.24) is 10.3 Å². The van der Waals surface area contributed by atoms with E-state index in [-0.39, 0.29) is 5.54 Å². The summed E-state index contributed by atoms with van der Waals surface area (Å²) in [7, 11) is 0. The number of hydrogen-bond acceptors (Lipinski definition) is 2. The van der Waals surface area contributed by atoms with Crippen LogP contribution < -0.4 is 5.32 Å². The minimum Gasteiger partial charge on any atom is -0.307 e. The van der Waals surface area contributed by atoms with Crippen molar-refractivity contribution >= 4 is 10.9 Å². The van der Waals surface area contributed by atoms with Crippen molar-refractivity contribution in [3.8, 4) is 0 Å². The summed E-state index contributed by atoms with van der Waals surface area (Å²) in [5, 5.41) is 5.11. The second-order valence-corrected chi connectivity index (χ2v) is 5.98. The molecule has 1 aliphatic rings. The Bertz CT molecular complexity index is 568. The summed E-state index contributed by atoms with van der Waals surface area (Å²) < 4.78 is 0. The monoisotopic (exact) mass is 268 g/mol. The molecule has 106 valence electrons. The number of fused-ring (bicyclic) bond motifs is 1. The highest BCUT2D eigenvalue weighted by atomic mass is 15.0. The van der Waals surface area contributed by atoms with E-state index in [4.69, 9.17) is 0 Å². The van der Waals surface area contributed by atoms with Gasteiger partial charge in [0.2, 0.25) is 0 Å². The molecule has 1 fully saturated rings. The lowest BCUT2D eigenvalue weighted by Crippen LogP contribution is -2.41.